The molecule has 0 spiro atoms. The summed E-state index contributed by atoms with van der Waals surface area (Å²) in [5.41, 5.74) is 5.94. The molecule has 0 aliphatic heterocycles. The monoisotopic (exact) mass is 238 g/mol. The molecule has 1 unspecified atom stereocenters. The molecule has 1 rings (SSSR count). The lowest BCUT2D eigenvalue weighted by Gasteiger charge is -2.26. The number of aryl methyl sites for hydroxylation is 1. The highest BCUT2D eigenvalue weighted by Crippen LogP contribution is 2.20. The highest BCUT2D eigenvalue weighted by molar-refractivity contribution is 5.80. The van der Waals surface area contributed by atoms with Crippen molar-refractivity contribution < 1.29 is 4.79 Å². The molecule has 0 aromatic carbocycles. The summed E-state index contributed by atoms with van der Waals surface area (Å²) in [5.74, 6) is 0.841. The summed E-state index contributed by atoms with van der Waals surface area (Å²) >= 11 is 0. The quantitative estimate of drug-likeness (QED) is 0.835. The van der Waals surface area contributed by atoms with E-state index in [0.717, 1.165) is 12.4 Å². The molecule has 2 N–H and O–H groups in total. The van der Waals surface area contributed by atoms with Gasteiger partial charge >= 0.3 is 0 Å². The summed E-state index contributed by atoms with van der Waals surface area (Å²) in [6.07, 6.45) is 2.19. The van der Waals surface area contributed by atoms with E-state index >= 15 is 0 Å². The molecule has 0 aliphatic carbocycles. The van der Waals surface area contributed by atoms with Gasteiger partial charge in [-0.3, -0.25) is 4.79 Å². The maximum atomic E-state index is 11.9. The minimum absolute atomic E-state index is 0.0475. The predicted molar refractivity (Wildman–Crippen MR) is 66.5 cm³/mol. The average molecular weight is 238 g/mol. The number of hydrogen-bond acceptors (Lipinski definition) is 4. The van der Waals surface area contributed by atoms with Gasteiger partial charge in [-0.15, -0.1) is 0 Å². The molecular weight excluding hydrogens is 216 g/mol. The van der Waals surface area contributed by atoms with Crippen molar-refractivity contribution in [1.29, 1.82) is 0 Å². The first-order valence-corrected chi connectivity index (χ1v) is 5.98. The molecule has 0 fully saturated rings. The Bertz CT molecular complexity index is 378. The van der Waals surface area contributed by atoms with Crippen molar-refractivity contribution in [3.05, 3.63) is 12.2 Å². The lowest BCUT2D eigenvalue weighted by Crippen LogP contribution is -2.37. The smallest absolute Gasteiger partial charge is 0.142 e. The van der Waals surface area contributed by atoms with E-state index in [0.29, 0.717) is 12.8 Å². The maximum absolute atomic E-state index is 11.9. The molecule has 1 atom stereocenters. The molecule has 0 amide bonds. The topological polar surface area (TPSA) is 73.8 Å². The highest BCUT2D eigenvalue weighted by Gasteiger charge is 2.23. The van der Waals surface area contributed by atoms with Crippen LogP contribution in [0.1, 0.15) is 39.9 Å². The normalized spacial score (nSPS) is 13.7. The van der Waals surface area contributed by atoms with Gasteiger partial charge in [-0.2, -0.15) is 5.10 Å². The van der Waals surface area contributed by atoms with Crippen LogP contribution >= 0.6 is 0 Å². The summed E-state index contributed by atoms with van der Waals surface area (Å²) in [6.45, 7) is 8.83. The molecule has 5 nitrogen and oxygen atoms in total. The summed E-state index contributed by atoms with van der Waals surface area (Å²) in [5, 5.41) is 4.04. The van der Waals surface area contributed by atoms with Crippen LogP contribution in [0.4, 0.5) is 0 Å². The first-order valence-electron chi connectivity index (χ1n) is 5.98. The second-order valence-corrected chi connectivity index (χ2v) is 5.38. The number of carbonyl (C=O) groups is 1. The van der Waals surface area contributed by atoms with Crippen molar-refractivity contribution in [1.82, 2.24) is 14.8 Å². The average Bonchev–Trinajstić information content (AvgIpc) is 2.63. The fraction of sp³-hybridized carbons (Fsp3) is 0.750. The molecule has 1 aromatic heterocycles. The number of rotatable bonds is 5. The first kappa shape index (κ1) is 13.8. The van der Waals surface area contributed by atoms with E-state index in [1.54, 1.807) is 4.68 Å². The molecule has 0 bridgehead atoms. The Balaban J connectivity index is 2.56. The van der Waals surface area contributed by atoms with Crippen LogP contribution in [-0.2, 0) is 17.8 Å². The third kappa shape index (κ3) is 3.93. The highest BCUT2D eigenvalue weighted by atomic mass is 16.1. The Hall–Kier alpha value is -1.23. The number of nitrogens with two attached hydrogens (primary N) is 1. The van der Waals surface area contributed by atoms with Crippen LogP contribution in [0, 0.1) is 5.41 Å². The Labute approximate surface area is 102 Å². The van der Waals surface area contributed by atoms with E-state index in [1.807, 2.05) is 27.7 Å². The summed E-state index contributed by atoms with van der Waals surface area (Å²) in [7, 11) is 0. The van der Waals surface area contributed by atoms with Crippen molar-refractivity contribution >= 4 is 5.78 Å². The first-order chi connectivity index (χ1) is 7.84. The number of hydrogen-bond donors (Lipinski definition) is 1. The van der Waals surface area contributed by atoms with Crippen LogP contribution in [0.2, 0.25) is 0 Å². The molecule has 17 heavy (non-hydrogen) atoms. The summed E-state index contributed by atoms with van der Waals surface area (Å²) in [4.78, 5) is 16.0. The van der Waals surface area contributed by atoms with Crippen LogP contribution in [0.5, 0.6) is 0 Å². The molecule has 0 aliphatic rings. The SMILES string of the molecule is CCn1ncnc1CC(=O)CC(N)C(C)(C)C. The number of ketones is 1. The maximum Gasteiger partial charge on any atom is 0.142 e. The van der Waals surface area contributed by atoms with Crippen LogP contribution in [0.25, 0.3) is 0 Å². The molecule has 5 heteroatoms. The Morgan fingerprint density at radius 3 is 2.71 bits per heavy atom. The van der Waals surface area contributed by atoms with E-state index in [1.165, 1.54) is 6.33 Å². The van der Waals surface area contributed by atoms with E-state index in [4.69, 9.17) is 5.73 Å². The van der Waals surface area contributed by atoms with Gasteiger partial charge < -0.3 is 5.73 Å². The Kier molecular flexibility index (Phi) is 4.40. The van der Waals surface area contributed by atoms with Gasteiger partial charge in [0.15, 0.2) is 0 Å². The van der Waals surface area contributed by atoms with Gasteiger partial charge in [-0.25, -0.2) is 9.67 Å². The van der Waals surface area contributed by atoms with Gasteiger partial charge in [0.25, 0.3) is 0 Å². The standard InChI is InChI=1S/C12H22N4O/c1-5-16-11(14-8-15-16)7-9(17)6-10(13)12(2,3)4/h8,10H,5-7,13H2,1-4H3. The van der Waals surface area contributed by atoms with Crippen LogP contribution in [-0.4, -0.2) is 26.6 Å². The minimum atomic E-state index is -0.118. The van der Waals surface area contributed by atoms with Crippen LogP contribution in [0.15, 0.2) is 6.33 Å². The van der Waals surface area contributed by atoms with E-state index in [9.17, 15) is 4.79 Å². The lowest BCUT2D eigenvalue weighted by atomic mass is 9.84. The third-order valence-electron chi connectivity index (χ3n) is 2.91. The van der Waals surface area contributed by atoms with Gasteiger partial charge in [-0.1, -0.05) is 20.8 Å². The zero-order valence-electron chi connectivity index (χ0n) is 11.1. The van der Waals surface area contributed by atoms with Crippen molar-refractivity contribution in [3.63, 3.8) is 0 Å². The molecule has 1 aromatic rings. The van der Waals surface area contributed by atoms with Crippen molar-refractivity contribution in [2.24, 2.45) is 11.1 Å². The number of carbonyl (C=O) groups excluding carboxylic acids is 1. The minimum Gasteiger partial charge on any atom is -0.327 e. The van der Waals surface area contributed by atoms with Crippen molar-refractivity contribution in [2.75, 3.05) is 0 Å². The fourth-order valence-electron chi connectivity index (χ4n) is 1.49. The van der Waals surface area contributed by atoms with E-state index in [-0.39, 0.29) is 17.2 Å². The third-order valence-corrected chi connectivity index (χ3v) is 2.91. The summed E-state index contributed by atoms with van der Waals surface area (Å²) in [6, 6.07) is -0.118. The molecule has 96 valence electrons. The second kappa shape index (κ2) is 5.40. The number of aromatic nitrogens is 3. The van der Waals surface area contributed by atoms with Crippen LogP contribution in [0.3, 0.4) is 0 Å². The summed E-state index contributed by atoms with van der Waals surface area (Å²) < 4.78 is 1.74. The largest absolute Gasteiger partial charge is 0.327 e. The lowest BCUT2D eigenvalue weighted by molar-refractivity contribution is -0.119. The van der Waals surface area contributed by atoms with Gasteiger partial charge in [0.2, 0.25) is 0 Å². The van der Waals surface area contributed by atoms with E-state index in [2.05, 4.69) is 10.1 Å². The van der Waals surface area contributed by atoms with Gasteiger partial charge in [-0.05, 0) is 12.3 Å². The van der Waals surface area contributed by atoms with E-state index < -0.39 is 0 Å². The molecule has 0 saturated carbocycles. The van der Waals surface area contributed by atoms with Crippen LogP contribution < -0.4 is 5.73 Å². The molecule has 1 heterocycles. The zero-order chi connectivity index (χ0) is 13.1. The van der Waals surface area contributed by atoms with Gasteiger partial charge in [0, 0.05) is 19.0 Å². The van der Waals surface area contributed by atoms with Crippen molar-refractivity contribution in [2.45, 2.75) is 53.1 Å². The molecular formula is C12H22N4O. The molecule has 0 saturated heterocycles. The van der Waals surface area contributed by atoms with Gasteiger partial charge in [0.05, 0.1) is 6.42 Å². The number of nitrogens with zero attached hydrogens (tertiary/aromatic N) is 3. The predicted octanol–water partition coefficient (Wildman–Crippen LogP) is 1.17. The molecule has 0 radical (unpaired) electrons. The Morgan fingerprint density at radius 1 is 1.53 bits per heavy atom. The Morgan fingerprint density at radius 2 is 2.18 bits per heavy atom. The van der Waals surface area contributed by atoms with Gasteiger partial charge in [0.1, 0.15) is 17.9 Å². The van der Waals surface area contributed by atoms with Crippen molar-refractivity contribution in [3.8, 4) is 0 Å². The fourth-order valence-corrected chi connectivity index (χ4v) is 1.49. The second-order valence-electron chi connectivity index (χ2n) is 5.38. The number of Topliss-reactive ketones (excluding diaryl/α,β-unsaturated/α-hetero) is 1. The zero-order valence-corrected chi connectivity index (χ0v) is 11.1.